The van der Waals surface area contributed by atoms with Crippen LogP contribution in [0.1, 0.15) is 0 Å². The molecule has 0 aliphatic heterocycles. The van der Waals surface area contributed by atoms with Gasteiger partial charge in [0.15, 0.2) is 11.6 Å². The van der Waals surface area contributed by atoms with E-state index in [9.17, 15) is 0 Å². The Hall–Kier alpha value is -8.97. The molecule has 0 aliphatic carbocycles. The van der Waals surface area contributed by atoms with Crippen molar-refractivity contribution >= 4 is 75.1 Å². The highest BCUT2D eigenvalue weighted by Gasteiger charge is 2.24. The van der Waals surface area contributed by atoms with E-state index in [1.807, 2.05) is 23.5 Å². The van der Waals surface area contributed by atoms with Gasteiger partial charge in [0.2, 0.25) is 5.95 Å². The van der Waals surface area contributed by atoms with Crippen molar-refractivity contribution in [2.45, 2.75) is 0 Å². The lowest BCUT2D eigenvalue weighted by Gasteiger charge is -2.14. The fraction of sp³-hybridized carbons (Fsp3) is 0. The maximum absolute atomic E-state index is 5.41. The lowest BCUT2D eigenvalue weighted by Crippen LogP contribution is -2.06. The molecule has 322 valence electrons. The minimum Gasteiger partial charge on any atom is -0.307 e. The van der Waals surface area contributed by atoms with Crippen LogP contribution in [-0.4, -0.2) is 24.1 Å². The van der Waals surface area contributed by atoms with Gasteiger partial charge in [-0.15, -0.1) is 11.3 Å². The summed E-state index contributed by atoms with van der Waals surface area (Å²) in [5.74, 6) is 1.79. The minimum absolute atomic E-state index is 0.571. The number of benzene rings is 10. The van der Waals surface area contributed by atoms with Crippen LogP contribution in [0.5, 0.6) is 0 Å². The molecule has 0 unspecified atom stereocenters. The molecule has 14 rings (SSSR count). The molecule has 0 spiro atoms. The van der Waals surface area contributed by atoms with E-state index in [0.717, 1.165) is 60.9 Å². The summed E-state index contributed by atoms with van der Waals surface area (Å²) in [5, 5.41) is 7.17. The number of aromatic nitrogens is 5. The second kappa shape index (κ2) is 15.8. The van der Waals surface area contributed by atoms with Gasteiger partial charge in [0, 0.05) is 49.0 Å². The predicted molar refractivity (Wildman–Crippen MR) is 289 cm³/mol. The third kappa shape index (κ3) is 6.34. The monoisotopic (exact) mass is 897 g/mol. The number of rotatable bonds is 7. The zero-order chi connectivity index (χ0) is 45.4. The Labute approximate surface area is 401 Å². The van der Waals surface area contributed by atoms with Gasteiger partial charge in [-0.1, -0.05) is 218 Å². The lowest BCUT2D eigenvalue weighted by atomic mass is 10.0. The van der Waals surface area contributed by atoms with E-state index >= 15 is 0 Å². The minimum atomic E-state index is 0.571. The van der Waals surface area contributed by atoms with Crippen molar-refractivity contribution in [1.29, 1.82) is 0 Å². The molecule has 69 heavy (non-hydrogen) atoms. The van der Waals surface area contributed by atoms with Gasteiger partial charge in [-0.25, -0.2) is 4.98 Å². The van der Waals surface area contributed by atoms with Gasteiger partial charge in [0.1, 0.15) is 0 Å². The van der Waals surface area contributed by atoms with Gasteiger partial charge >= 0.3 is 0 Å². The summed E-state index contributed by atoms with van der Waals surface area (Å²) in [6, 6.07) is 84.3. The molecule has 5 nitrogen and oxygen atoms in total. The van der Waals surface area contributed by atoms with Gasteiger partial charge in [-0.05, 0) is 46.0 Å². The molecule has 0 saturated heterocycles. The number of thiophene rings is 1. The van der Waals surface area contributed by atoms with Gasteiger partial charge in [-0.3, -0.25) is 4.57 Å². The molecule has 0 atom stereocenters. The zero-order valence-corrected chi connectivity index (χ0v) is 38.0. The second-order valence-corrected chi connectivity index (χ2v) is 18.6. The quantitative estimate of drug-likeness (QED) is 0.160. The van der Waals surface area contributed by atoms with Gasteiger partial charge in [0.25, 0.3) is 0 Å². The smallest absolute Gasteiger partial charge is 0.238 e. The Balaban J connectivity index is 1.04. The SMILES string of the molecule is c1ccc(-c2ccc(-c3nc(-c4ccc(-c5ccccc5)cc4)nc(-n4c5ccccc5c5ccc6c7ccc8c9ccccc9n(-c9ccccc9-c9ccccc9)c8c7sc6c54)n3)cc2)cc1. The number of nitrogens with zero attached hydrogens (tertiary/aromatic N) is 5. The largest absolute Gasteiger partial charge is 0.307 e. The van der Waals surface area contributed by atoms with Crippen molar-refractivity contribution in [3.8, 4) is 67.8 Å². The van der Waals surface area contributed by atoms with Crippen LogP contribution < -0.4 is 0 Å². The van der Waals surface area contributed by atoms with Gasteiger partial charge in [-0.2, -0.15) is 9.97 Å². The maximum Gasteiger partial charge on any atom is 0.238 e. The highest BCUT2D eigenvalue weighted by molar-refractivity contribution is 7.27. The lowest BCUT2D eigenvalue weighted by molar-refractivity contribution is 0.955. The third-order valence-electron chi connectivity index (χ3n) is 13.6. The van der Waals surface area contributed by atoms with Crippen LogP contribution in [0.3, 0.4) is 0 Å². The molecule has 0 radical (unpaired) electrons. The summed E-state index contributed by atoms with van der Waals surface area (Å²) < 4.78 is 7.20. The Morgan fingerprint density at radius 1 is 0.275 bits per heavy atom. The molecule has 10 aromatic carbocycles. The van der Waals surface area contributed by atoms with Crippen LogP contribution in [0.15, 0.2) is 237 Å². The zero-order valence-electron chi connectivity index (χ0n) is 37.2. The van der Waals surface area contributed by atoms with E-state index in [1.54, 1.807) is 0 Å². The first-order valence-corrected chi connectivity index (χ1v) is 24.1. The van der Waals surface area contributed by atoms with E-state index in [4.69, 9.17) is 15.0 Å². The van der Waals surface area contributed by atoms with Crippen molar-refractivity contribution in [1.82, 2.24) is 24.1 Å². The molecule has 0 saturated carbocycles. The second-order valence-electron chi connectivity index (χ2n) is 17.5. The highest BCUT2D eigenvalue weighted by Crippen LogP contribution is 2.48. The topological polar surface area (TPSA) is 48.5 Å². The van der Waals surface area contributed by atoms with Gasteiger partial charge < -0.3 is 4.57 Å². The molecule has 4 aromatic heterocycles. The molecule has 0 bridgehead atoms. The number of hydrogen-bond donors (Lipinski definition) is 0. The average Bonchev–Trinajstić information content (AvgIpc) is 4.10. The van der Waals surface area contributed by atoms with Crippen LogP contribution in [0.25, 0.3) is 132 Å². The Morgan fingerprint density at radius 2 is 0.667 bits per heavy atom. The molecule has 14 aromatic rings. The molecule has 0 N–H and O–H groups in total. The van der Waals surface area contributed by atoms with Crippen LogP contribution >= 0.6 is 11.3 Å². The molecule has 4 heterocycles. The molecular formula is C63H39N5S. The number of fused-ring (bicyclic) bond motifs is 11. The molecular weight excluding hydrogens is 859 g/mol. The summed E-state index contributed by atoms with van der Waals surface area (Å²) in [7, 11) is 0. The third-order valence-corrected chi connectivity index (χ3v) is 14.9. The molecule has 0 aliphatic rings. The fourth-order valence-electron chi connectivity index (χ4n) is 10.4. The normalized spacial score (nSPS) is 11.8. The van der Waals surface area contributed by atoms with E-state index in [-0.39, 0.29) is 0 Å². The fourth-order valence-corrected chi connectivity index (χ4v) is 11.8. The van der Waals surface area contributed by atoms with E-state index in [1.165, 1.54) is 53.1 Å². The molecule has 0 amide bonds. The van der Waals surface area contributed by atoms with Crippen LogP contribution in [-0.2, 0) is 0 Å². The Morgan fingerprint density at radius 3 is 1.20 bits per heavy atom. The average molecular weight is 898 g/mol. The van der Waals surface area contributed by atoms with E-state index in [2.05, 4.69) is 234 Å². The van der Waals surface area contributed by atoms with Crippen LogP contribution in [0.4, 0.5) is 0 Å². The van der Waals surface area contributed by atoms with Gasteiger partial charge in [0.05, 0.1) is 37.2 Å². The maximum atomic E-state index is 5.41. The van der Waals surface area contributed by atoms with Crippen molar-refractivity contribution in [3.05, 3.63) is 237 Å². The molecule has 6 heteroatoms. The standard InChI is InChI=1S/C63H39N5S/c1-4-16-40(17-5-1)42-28-32-45(33-29-42)61-64-62(46-34-30-43(31-35-46)41-18-6-2-7-19-41)66-63(65-61)68-56-27-15-12-24-49(56)51-37-39-53-52-38-36-50-48-23-11-14-26-55(48)67(57(50)59(52)69-60(53)58(51)68)54-25-13-10-22-47(54)44-20-8-3-9-21-44/h1-39H. The first-order chi connectivity index (χ1) is 34.2. The summed E-state index contributed by atoms with van der Waals surface area (Å²) in [4.78, 5) is 16.1. The van der Waals surface area contributed by atoms with E-state index < -0.39 is 0 Å². The summed E-state index contributed by atoms with van der Waals surface area (Å²) in [6.45, 7) is 0. The summed E-state index contributed by atoms with van der Waals surface area (Å²) in [5.41, 5.74) is 14.5. The predicted octanol–water partition coefficient (Wildman–Crippen LogP) is 16.8. The highest BCUT2D eigenvalue weighted by atomic mass is 32.1. The number of hydrogen-bond acceptors (Lipinski definition) is 4. The molecule has 0 fully saturated rings. The Kier molecular flexibility index (Phi) is 9.00. The Bertz CT molecular complexity index is 4170. The first-order valence-electron chi connectivity index (χ1n) is 23.3. The number of para-hydroxylation sites is 3. The van der Waals surface area contributed by atoms with E-state index in [0.29, 0.717) is 17.6 Å². The van der Waals surface area contributed by atoms with Crippen molar-refractivity contribution in [2.24, 2.45) is 0 Å². The van der Waals surface area contributed by atoms with Crippen LogP contribution in [0.2, 0.25) is 0 Å². The van der Waals surface area contributed by atoms with Crippen molar-refractivity contribution in [2.75, 3.05) is 0 Å². The van der Waals surface area contributed by atoms with Crippen LogP contribution in [0, 0.1) is 0 Å². The van der Waals surface area contributed by atoms with Crippen molar-refractivity contribution < 1.29 is 0 Å². The summed E-state index contributed by atoms with van der Waals surface area (Å²) >= 11 is 1.86. The van der Waals surface area contributed by atoms with Crippen molar-refractivity contribution in [3.63, 3.8) is 0 Å². The summed E-state index contributed by atoms with van der Waals surface area (Å²) in [6.07, 6.45) is 0. The first kappa shape index (κ1) is 39.2.